The molecular weight excluding hydrogens is 350 g/mol. The van der Waals surface area contributed by atoms with Gasteiger partial charge in [0.2, 0.25) is 0 Å². The molecule has 1 aliphatic carbocycles. The van der Waals surface area contributed by atoms with Gasteiger partial charge in [0.15, 0.2) is 11.6 Å². The third-order valence-electron chi connectivity index (χ3n) is 5.24. The van der Waals surface area contributed by atoms with Crippen molar-refractivity contribution < 1.29 is 4.79 Å². The minimum atomic E-state index is 0.142. The lowest BCUT2D eigenvalue weighted by Crippen LogP contribution is -2.36. The molecule has 2 heterocycles. The van der Waals surface area contributed by atoms with Crippen molar-refractivity contribution in [1.29, 1.82) is 0 Å². The van der Waals surface area contributed by atoms with E-state index in [1.807, 2.05) is 48.5 Å². The van der Waals surface area contributed by atoms with E-state index in [1.54, 1.807) is 12.4 Å². The van der Waals surface area contributed by atoms with E-state index in [4.69, 9.17) is 9.97 Å². The van der Waals surface area contributed by atoms with Crippen LogP contribution in [0.25, 0.3) is 22.1 Å². The molecule has 6 nitrogen and oxygen atoms in total. The number of hydrogen-bond donors (Lipinski definition) is 0. The molecule has 0 unspecified atom stereocenters. The Bertz CT molecular complexity index is 1090. The Hall–Kier alpha value is -3.41. The summed E-state index contributed by atoms with van der Waals surface area (Å²) in [5, 5.41) is 0. The molecule has 1 aliphatic rings. The first-order valence-electron chi connectivity index (χ1n) is 9.52. The maximum absolute atomic E-state index is 11.8. The van der Waals surface area contributed by atoms with Crippen molar-refractivity contribution in [2.75, 3.05) is 4.90 Å². The predicted molar refractivity (Wildman–Crippen MR) is 108 cm³/mol. The predicted octanol–water partition coefficient (Wildman–Crippen LogP) is 4.22. The fourth-order valence-corrected chi connectivity index (χ4v) is 3.80. The highest BCUT2D eigenvalue weighted by Crippen LogP contribution is 2.32. The number of anilines is 2. The second-order valence-electron chi connectivity index (χ2n) is 7.07. The van der Waals surface area contributed by atoms with Crippen LogP contribution in [-0.2, 0) is 4.79 Å². The fraction of sp³-hybridized carbons (Fsp3) is 0.227. The molecular formula is C22H19N5O. The number of rotatable bonds is 3. The average molecular weight is 369 g/mol. The molecule has 6 heteroatoms. The average Bonchev–Trinajstić information content (AvgIpc) is 2.75. The number of nitrogens with zero attached hydrogens (tertiary/aromatic N) is 5. The summed E-state index contributed by atoms with van der Waals surface area (Å²) in [7, 11) is 0. The van der Waals surface area contributed by atoms with E-state index in [9.17, 15) is 4.79 Å². The standard InChI is InChI=1S/C22H19N5O/c28-16-11-9-15(10-12-16)27(21-13-23-17-5-1-3-7-19(17)25-21)22-14-24-18-6-2-4-8-20(18)26-22/h1-8,13-15H,9-12H2. The Morgan fingerprint density at radius 3 is 1.68 bits per heavy atom. The summed E-state index contributed by atoms with van der Waals surface area (Å²) >= 11 is 0. The molecule has 0 bridgehead atoms. The van der Waals surface area contributed by atoms with E-state index in [0.29, 0.717) is 18.6 Å². The molecule has 1 saturated carbocycles. The van der Waals surface area contributed by atoms with Gasteiger partial charge in [-0.25, -0.2) is 9.97 Å². The quantitative estimate of drug-likeness (QED) is 0.538. The third kappa shape index (κ3) is 3.07. The highest BCUT2D eigenvalue weighted by molar-refractivity contribution is 5.81. The smallest absolute Gasteiger partial charge is 0.153 e. The highest BCUT2D eigenvalue weighted by Gasteiger charge is 2.28. The lowest BCUT2D eigenvalue weighted by Gasteiger charge is -2.33. The molecule has 4 aromatic rings. The largest absolute Gasteiger partial charge is 0.305 e. The van der Waals surface area contributed by atoms with Gasteiger partial charge in [0.1, 0.15) is 5.78 Å². The number of fused-ring (bicyclic) bond motifs is 2. The molecule has 138 valence electrons. The second kappa shape index (κ2) is 6.96. The van der Waals surface area contributed by atoms with Gasteiger partial charge < -0.3 is 4.90 Å². The summed E-state index contributed by atoms with van der Waals surface area (Å²) in [5.74, 6) is 1.80. The van der Waals surface area contributed by atoms with E-state index in [1.165, 1.54) is 0 Å². The summed E-state index contributed by atoms with van der Waals surface area (Å²) in [6.07, 6.45) is 6.31. The van der Waals surface area contributed by atoms with Crippen molar-refractivity contribution in [3.63, 3.8) is 0 Å². The van der Waals surface area contributed by atoms with Crippen LogP contribution in [0, 0.1) is 0 Å². The van der Waals surface area contributed by atoms with Crippen molar-refractivity contribution in [3.8, 4) is 0 Å². The van der Waals surface area contributed by atoms with E-state index in [2.05, 4.69) is 14.9 Å². The molecule has 0 saturated heterocycles. The molecule has 0 amide bonds. The Kier molecular flexibility index (Phi) is 4.16. The fourth-order valence-electron chi connectivity index (χ4n) is 3.80. The van der Waals surface area contributed by atoms with Crippen LogP contribution in [0.5, 0.6) is 0 Å². The minimum Gasteiger partial charge on any atom is -0.305 e. The minimum absolute atomic E-state index is 0.142. The number of aromatic nitrogens is 4. The van der Waals surface area contributed by atoms with Gasteiger partial charge in [-0.2, -0.15) is 0 Å². The van der Waals surface area contributed by atoms with Crippen LogP contribution < -0.4 is 4.90 Å². The van der Waals surface area contributed by atoms with Crippen molar-refractivity contribution in [2.24, 2.45) is 0 Å². The van der Waals surface area contributed by atoms with Crippen molar-refractivity contribution in [3.05, 3.63) is 60.9 Å². The maximum atomic E-state index is 11.8. The van der Waals surface area contributed by atoms with Crippen LogP contribution in [0.15, 0.2) is 60.9 Å². The summed E-state index contributed by atoms with van der Waals surface area (Å²) in [6.45, 7) is 0. The van der Waals surface area contributed by atoms with Gasteiger partial charge in [-0.1, -0.05) is 24.3 Å². The topological polar surface area (TPSA) is 71.9 Å². The van der Waals surface area contributed by atoms with Gasteiger partial charge in [-0.15, -0.1) is 0 Å². The van der Waals surface area contributed by atoms with E-state index < -0.39 is 0 Å². The number of ketones is 1. The van der Waals surface area contributed by atoms with Gasteiger partial charge in [0, 0.05) is 18.9 Å². The normalized spacial score (nSPS) is 15.2. The zero-order valence-corrected chi connectivity index (χ0v) is 15.3. The Morgan fingerprint density at radius 1 is 0.714 bits per heavy atom. The molecule has 0 N–H and O–H groups in total. The number of para-hydroxylation sites is 4. The van der Waals surface area contributed by atoms with Crippen molar-refractivity contribution >= 4 is 39.5 Å². The van der Waals surface area contributed by atoms with Gasteiger partial charge in [0.25, 0.3) is 0 Å². The van der Waals surface area contributed by atoms with Crippen LogP contribution in [0.3, 0.4) is 0 Å². The van der Waals surface area contributed by atoms with Crippen molar-refractivity contribution in [2.45, 2.75) is 31.7 Å². The third-order valence-corrected chi connectivity index (χ3v) is 5.24. The molecule has 0 spiro atoms. The van der Waals surface area contributed by atoms with Crippen molar-refractivity contribution in [1.82, 2.24) is 19.9 Å². The second-order valence-corrected chi connectivity index (χ2v) is 7.07. The van der Waals surface area contributed by atoms with E-state index >= 15 is 0 Å². The molecule has 28 heavy (non-hydrogen) atoms. The van der Waals surface area contributed by atoms with E-state index in [-0.39, 0.29) is 6.04 Å². The monoisotopic (exact) mass is 369 g/mol. The zero-order valence-electron chi connectivity index (χ0n) is 15.3. The molecule has 2 aromatic heterocycles. The number of carbonyl (C=O) groups excluding carboxylic acids is 1. The summed E-state index contributed by atoms with van der Waals surface area (Å²) in [4.78, 5) is 32.7. The van der Waals surface area contributed by atoms with Gasteiger partial charge in [-0.05, 0) is 37.1 Å². The first-order valence-corrected chi connectivity index (χ1v) is 9.52. The van der Waals surface area contributed by atoms with E-state index in [0.717, 1.165) is 46.5 Å². The van der Waals surface area contributed by atoms with Gasteiger partial charge in [0.05, 0.1) is 34.5 Å². The number of carbonyl (C=O) groups is 1. The van der Waals surface area contributed by atoms with Crippen LogP contribution in [-0.4, -0.2) is 31.8 Å². The summed E-state index contributed by atoms with van der Waals surface area (Å²) in [5.41, 5.74) is 3.39. The van der Waals surface area contributed by atoms with Crippen LogP contribution in [0.2, 0.25) is 0 Å². The van der Waals surface area contributed by atoms with Gasteiger partial charge in [-0.3, -0.25) is 14.8 Å². The molecule has 1 fully saturated rings. The number of benzene rings is 2. The van der Waals surface area contributed by atoms with Crippen LogP contribution in [0.1, 0.15) is 25.7 Å². The van der Waals surface area contributed by atoms with Crippen LogP contribution in [0.4, 0.5) is 11.6 Å². The molecule has 5 rings (SSSR count). The Balaban J connectivity index is 1.63. The SMILES string of the molecule is O=C1CCC(N(c2cnc3ccccc3n2)c2cnc3ccccc3n2)CC1. The summed E-state index contributed by atoms with van der Waals surface area (Å²) in [6, 6.07) is 15.8. The number of Topliss-reactive ketones (excluding diaryl/α,β-unsaturated/α-hetero) is 1. The summed E-state index contributed by atoms with van der Waals surface area (Å²) < 4.78 is 0. The first-order chi connectivity index (χ1) is 13.8. The molecule has 0 atom stereocenters. The Morgan fingerprint density at radius 2 is 1.18 bits per heavy atom. The molecule has 0 aliphatic heterocycles. The lowest BCUT2D eigenvalue weighted by molar-refractivity contribution is -0.120. The van der Waals surface area contributed by atoms with Crippen LogP contribution >= 0.6 is 0 Å². The molecule has 2 aromatic carbocycles. The van der Waals surface area contributed by atoms with Gasteiger partial charge >= 0.3 is 0 Å². The highest BCUT2D eigenvalue weighted by atomic mass is 16.1. The first kappa shape index (κ1) is 16.7. The Labute approximate surface area is 162 Å². The zero-order chi connectivity index (χ0) is 18.9. The maximum Gasteiger partial charge on any atom is 0.153 e. The molecule has 0 radical (unpaired) electrons. The lowest BCUT2D eigenvalue weighted by atomic mass is 9.93. The number of hydrogen-bond acceptors (Lipinski definition) is 6.